The van der Waals surface area contributed by atoms with E-state index < -0.39 is 11.1 Å². The van der Waals surface area contributed by atoms with Gasteiger partial charge in [-0.05, 0) is 59.8 Å². The highest BCUT2D eigenvalue weighted by Gasteiger charge is 2.48. The summed E-state index contributed by atoms with van der Waals surface area (Å²) in [6.07, 6.45) is 4.53. The first-order valence-electron chi connectivity index (χ1n) is 9.04. The third-order valence-corrected chi connectivity index (χ3v) is 4.36. The van der Waals surface area contributed by atoms with Gasteiger partial charge in [0.05, 0.1) is 0 Å². The molecule has 0 aromatic carbocycles. The first kappa shape index (κ1) is 19.8. The SMILES string of the molecule is CC.CC(C)(C)OC(=O)N1CCCC1(C)C(=O)N1CCCCC1. The van der Waals surface area contributed by atoms with E-state index >= 15 is 0 Å². The Kier molecular flexibility index (Phi) is 6.90. The number of carbonyl (C=O) groups excluding carboxylic acids is 2. The van der Waals surface area contributed by atoms with E-state index in [4.69, 9.17) is 4.74 Å². The van der Waals surface area contributed by atoms with Crippen LogP contribution in [-0.2, 0) is 9.53 Å². The highest BCUT2D eigenvalue weighted by molar-refractivity contribution is 5.90. The summed E-state index contributed by atoms with van der Waals surface area (Å²) in [5.41, 5.74) is -1.27. The van der Waals surface area contributed by atoms with Crippen LogP contribution in [0.3, 0.4) is 0 Å². The van der Waals surface area contributed by atoms with Crippen LogP contribution < -0.4 is 0 Å². The summed E-state index contributed by atoms with van der Waals surface area (Å²) in [7, 11) is 0. The van der Waals surface area contributed by atoms with Gasteiger partial charge in [-0.15, -0.1) is 0 Å². The zero-order valence-electron chi connectivity index (χ0n) is 15.8. The van der Waals surface area contributed by atoms with E-state index in [1.54, 1.807) is 4.90 Å². The number of likely N-dealkylation sites (tertiary alicyclic amines) is 2. The minimum atomic E-state index is -0.736. The van der Waals surface area contributed by atoms with Crippen molar-refractivity contribution in [1.29, 1.82) is 0 Å². The molecule has 2 saturated heterocycles. The standard InChI is InChI=1S/C16H28N2O3.C2H6/c1-15(2,3)21-14(20)18-12-8-9-16(18,4)13(19)17-10-6-5-7-11-17;1-2/h5-12H2,1-4H3;1-2H3. The van der Waals surface area contributed by atoms with Gasteiger partial charge >= 0.3 is 6.09 Å². The molecule has 1 atom stereocenters. The van der Waals surface area contributed by atoms with Crippen molar-refractivity contribution in [1.82, 2.24) is 9.80 Å². The molecule has 5 heteroatoms. The number of piperidine rings is 1. The van der Waals surface area contributed by atoms with E-state index in [2.05, 4.69) is 0 Å². The van der Waals surface area contributed by atoms with Crippen LogP contribution in [0.5, 0.6) is 0 Å². The van der Waals surface area contributed by atoms with E-state index in [-0.39, 0.29) is 12.0 Å². The molecule has 23 heavy (non-hydrogen) atoms. The van der Waals surface area contributed by atoms with E-state index in [1.807, 2.05) is 46.4 Å². The molecule has 5 nitrogen and oxygen atoms in total. The van der Waals surface area contributed by atoms with Crippen molar-refractivity contribution < 1.29 is 14.3 Å². The topological polar surface area (TPSA) is 49.9 Å². The highest BCUT2D eigenvalue weighted by Crippen LogP contribution is 2.33. The zero-order chi connectivity index (χ0) is 17.7. The second-order valence-electron chi connectivity index (χ2n) is 7.36. The maximum absolute atomic E-state index is 12.9. The van der Waals surface area contributed by atoms with Gasteiger partial charge < -0.3 is 9.64 Å². The molecule has 2 heterocycles. The molecule has 2 fully saturated rings. The van der Waals surface area contributed by atoms with Gasteiger partial charge in [0.15, 0.2) is 0 Å². The fourth-order valence-electron chi connectivity index (χ4n) is 3.23. The van der Waals surface area contributed by atoms with Gasteiger partial charge in [-0.2, -0.15) is 0 Å². The molecular formula is C18H34N2O3. The van der Waals surface area contributed by atoms with Gasteiger partial charge in [-0.1, -0.05) is 13.8 Å². The lowest BCUT2D eigenvalue weighted by molar-refractivity contribution is -0.142. The molecule has 2 rings (SSSR count). The Morgan fingerprint density at radius 3 is 2.04 bits per heavy atom. The van der Waals surface area contributed by atoms with E-state index in [0.717, 1.165) is 38.8 Å². The quantitative estimate of drug-likeness (QED) is 0.736. The average molecular weight is 326 g/mol. The molecule has 1 unspecified atom stereocenters. The number of hydrogen-bond donors (Lipinski definition) is 0. The lowest BCUT2D eigenvalue weighted by Gasteiger charge is -2.39. The normalized spacial score (nSPS) is 24.8. The Labute approximate surface area is 141 Å². The van der Waals surface area contributed by atoms with Gasteiger partial charge in [0.25, 0.3) is 0 Å². The van der Waals surface area contributed by atoms with Crippen LogP contribution >= 0.6 is 0 Å². The number of hydrogen-bond acceptors (Lipinski definition) is 3. The zero-order valence-corrected chi connectivity index (χ0v) is 15.8. The van der Waals surface area contributed by atoms with Crippen LogP contribution in [-0.4, -0.2) is 52.6 Å². The summed E-state index contributed by atoms with van der Waals surface area (Å²) in [6, 6.07) is 0. The summed E-state index contributed by atoms with van der Waals surface area (Å²) >= 11 is 0. The molecule has 0 saturated carbocycles. The molecule has 0 N–H and O–H groups in total. The summed E-state index contributed by atoms with van der Waals surface area (Å²) in [6.45, 7) is 13.7. The smallest absolute Gasteiger partial charge is 0.411 e. The second-order valence-corrected chi connectivity index (χ2v) is 7.36. The molecule has 0 aromatic heterocycles. The molecule has 2 amide bonds. The predicted molar refractivity (Wildman–Crippen MR) is 92.4 cm³/mol. The second kappa shape index (κ2) is 8.02. The minimum Gasteiger partial charge on any atom is -0.444 e. The lowest BCUT2D eigenvalue weighted by Crippen LogP contribution is -2.58. The Balaban J connectivity index is 0.00000127. The molecule has 0 aliphatic carbocycles. The number of ether oxygens (including phenoxy) is 1. The molecule has 2 aliphatic heterocycles. The van der Waals surface area contributed by atoms with Gasteiger partial charge in [-0.25, -0.2) is 4.79 Å². The van der Waals surface area contributed by atoms with Gasteiger partial charge in [0, 0.05) is 19.6 Å². The van der Waals surface area contributed by atoms with E-state index in [0.29, 0.717) is 6.54 Å². The maximum Gasteiger partial charge on any atom is 0.411 e. The largest absolute Gasteiger partial charge is 0.444 e. The van der Waals surface area contributed by atoms with Crippen LogP contribution in [0.2, 0.25) is 0 Å². The molecule has 134 valence electrons. The molecule has 0 aromatic rings. The Bertz CT molecular complexity index is 411. The lowest BCUT2D eigenvalue weighted by atomic mass is 9.95. The first-order chi connectivity index (χ1) is 10.7. The van der Waals surface area contributed by atoms with Crippen LogP contribution in [0.15, 0.2) is 0 Å². The van der Waals surface area contributed by atoms with E-state index in [1.165, 1.54) is 6.42 Å². The van der Waals surface area contributed by atoms with Crippen LogP contribution in [0.4, 0.5) is 4.79 Å². The molecule has 2 aliphatic rings. The summed E-state index contributed by atoms with van der Waals surface area (Å²) < 4.78 is 5.47. The number of nitrogens with zero attached hydrogens (tertiary/aromatic N) is 2. The molecular weight excluding hydrogens is 292 g/mol. The van der Waals surface area contributed by atoms with Crippen LogP contribution in [0, 0.1) is 0 Å². The Morgan fingerprint density at radius 2 is 1.52 bits per heavy atom. The van der Waals surface area contributed by atoms with Crippen molar-refractivity contribution in [3.05, 3.63) is 0 Å². The first-order valence-corrected chi connectivity index (χ1v) is 9.04. The summed E-state index contributed by atoms with van der Waals surface area (Å²) in [5, 5.41) is 0. The fourth-order valence-corrected chi connectivity index (χ4v) is 3.23. The average Bonchev–Trinajstić information content (AvgIpc) is 2.91. The fraction of sp³-hybridized carbons (Fsp3) is 0.889. The number of amides is 2. The Morgan fingerprint density at radius 1 is 0.957 bits per heavy atom. The summed E-state index contributed by atoms with van der Waals surface area (Å²) in [5.74, 6) is 0.0885. The summed E-state index contributed by atoms with van der Waals surface area (Å²) in [4.78, 5) is 28.8. The van der Waals surface area contributed by atoms with Gasteiger partial charge in [0.2, 0.25) is 5.91 Å². The predicted octanol–water partition coefficient (Wildman–Crippen LogP) is 3.81. The molecule has 0 spiro atoms. The van der Waals surface area contributed by atoms with Crippen molar-refractivity contribution >= 4 is 12.0 Å². The van der Waals surface area contributed by atoms with Crippen molar-refractivity contribution in [2.24, 2.45) is 0 Å². The van der Waals surface area contributed by atoms with Crippen molar-refractivity contribution in [2.75, 3.05) is 19.6 Å². The third-order valence-electron chi connectivity index (χ3n) is 4.36. The van der Waals surface area contributed by atoms with Crippen molar-refractivity contribution in [2.45, 2.75) is 84.8 Å². The van der Waals surface area contributed by atoms with Gasteiger partial charge in [0.1, 0.15) is 11.1 Å². The van der Waals surface area contributed by atoms with Gasteiger partial charge in [-0.3, -0.25) is 9.69 Å². The van der Waals surface area contributed by atoms with Crippen LogP contribution in [0.1, 0.15) is 73.6 Å². The Hall–Kier alpha value is -1.26. The number of rotatable bonds is 1. The maximum atomic E-state index is 12.9. The van der Waals surface area contributed by atoms with Crippen molar-refractivity contribution in [3.8, 4) is 0 Å². The number of carbonyl (C=O) groups is 2. The van der Waals surface area contributed by atoms with E-state index in [9.17, 15) is 9.59 Å². The van der Waals surface area contributed by atoms with Crippen LogP contribution in [0.25, 0.3) is 0 Å². The molecule has 0 radical (unpaired) electrons. The third kappa shape index (κ3) is 4.85. The van der Waals surface area contributed by atoms with Crippen molar-refractivity contribution in [3.63, 3.8) is 0 Å². The minimum absolute atomic E-state index is 0.0885. The highest BCUT2D eigenvalue weighted by atomic mass is 16.6. The monoisotopic (exact) mass is 326 g/mol. The molecule has 0 bridgehead atoms.